The van der Waals surface area contributed by atoms with E-state index in [1.807, 2.05) is 25.2 Å². The summed E-state index contributed by atoms with van der Waals surface area (Å²) < 4.78 is 39.2. The lowest BCUT2D eigenvalue weighted by Gasteiger charge is -2.51. The van der Waals surface area contributed by atoms with Crippen LogP contribution in [0.15, 0.2) is 48.7 Å². The van der Waals surface area contributed by atoms with E-state index in [1.54, 1.807) is 23.6 Å². The van der Waals surface area contributed by atoms with Crippen molar-refractivity contribution in [2.75, 3.05) is 26.7 Å². The fraction of sp³-hybridized carbons (Fsp3) is 0.500. The van der Waals surface area contributed by atoms with Gasteiger partial charge in [0.05, 0.1) is 5.56 Å². The molecule has 0 aliphatic carbocycles. The van der Waals surface area contributed by atoms with Gasteiger partial charge in [-0.15, -0.1) is 0 Å². The number of hydrogen-bond donors (Lipinski definition) is 1. The Kier molecular flexibility index (Phi) is 7.80. The maximum absolute atomic E-state index is 13.5. The number of carbonyl (C=O) groups excluding carboxylic acids is 3. The second kappa shape index (κ2) is 10.7. The molecule has 1 unspecified atom stereocenters. The van der Waals surface area contributed by atoms with E-state index < -0.39 is 29.4 Å². The van der Waals surface area contributed by atoms with Gasteiger partial charge < -0.3 is 15.1 Å². The van der Waals surface area contributed by atoms with E-state index in [4.69, 9.17) is 0 Å². The van der Waals surface area contributed by atoms with Gasteiger partial charge in [0.2, 0.25) is 11.8 Å². The van der Waals surface area contributed by atoms with Crippen LogP contribution in [0.5, 0.6) is 0 Å². The lowest BCUT2D eigenvalue weighted by atomic mass is 9.62. The Hall–Kier alpha value is -3.43. The maximum Gasteiger partial charge on any atom is 0.416 e. The van der Waals surface area contributed by atoms with Gasteiger partial charge in [-0.3, -0.25) is 19.4 Å². The van der Waals surface area contributed by atoms with Gasteiger partial charge in [0.1, 0.15) is 11.7 Å². The van der Waals surface area contributed by atoms with Crippen LogP contribution in [-0.4, -0.2) is 65.2 Å². The smallest absolute Gasteiger partial charge is 0.345 e. The lowest BCUT2D eigenvalue weighted by molar-refractivity contribution is -0.143. The highest BCUT2D eigenvalue weighted by molar-refractivity contribution is 5.96. The number of aromatic nitrogens is 1. The van der Waals surface area contributed by atoms with Crippen molar-refractivity contribution in [3.8, 4) is 0 Å². The number of rotatable bonds is 5. The van der Waals surface area contributed by atoms with Gasteiger partial charge >= 0.3 is 6.18 Å². The summed E-state index contributed by atoms with van der Waals surface area (Å²) in [4.78, 5) is 46.2. The van der Waals surface area contributed by atoms with Crippen LogP contribution in [0.3, 0.4) is 0 Å². The van der Waals surface area contributed by atoms with E-state index >= 15 is 0 Å². The summed E-state index contributed by atoms with van der Waals surface area (Å²) in [7, 11) is 1.82. The number of alkyl halides is 3. The molecule has 2 saturated heterocycles. The predicted octanol–water partition coefficient (Wildman–Crippen LogP) is 4.11. The number of amides is 3. The number of nitrogens with one attached hydrogen (secondary N) is 1. The van der Waals surface area contributed by atoms with E-state index in [2.05, 4.69) is 22.4 Å². The fourth-order valence-corrected chi connectivity index (χ4v) is 5.63. The number of hydrogen-bond acceptors (Lipinski definition) is 4. The highest BCUT2D eigenvalue weighted by Gasteiger charge is 2.48. The number of pyridine rings is 1. The zero-order valence-corrected chi connectivity index (χ0v) is 21.8. The zero-order valence-electron chi connectivity index (χ0n) is 21.8. The van der Waals surface area contributed by atoms with Gasteiger partial charge in [0.15, 0.2) is 0 Å². The minimum absolute atomic E-state index is 0.0952. The first-order valence-electron chi connectivity index (χ1n) is 12.8. The molecule has 0 bridgehead atoms. The highest BCUT2D eigenvalue weighted by atomic mass is 19.4. The van der Waals surface area contributed by atoms with E-state index in [9.17, 15) is 27.6 Å². The number of likely N-dealkylation sites (tertiary alicyclic amines) is 2. The van der Waals surface area contributed by atoms with Gasteiger partial charge in [0.25, 0.3) is 5.91 Å². The van der Waals surface area contributed by atoms with Crippen LogP contribution in [-0.2, 0) is 15.8 Å². The molecule has 1 aromatic heterocycles. The van der Waals surface area contributed by atoms with E-state index in [0.29, 0.717) is 45.0 Å². The molecule has 2 aliphatic heterocycles. The van der Waals surface area contributed by atoms with Crippen molar-refractivity contribution in [3.05, 3.63) is 65.5 Å². The summed E-state index contributed by atoms with van der Waals surface area (Å²) in [5.74, 6) is -1.17. The lowest BCUT2D eigenvalue weighted by Crippen LogP contribution is -2.57. The normalized spacial score (nSPS) is 20.5. The molecular formula is C28H33F3N4O3. The Labute approximate surface area is 220 Å². The van der Waals surface area contributed by atoms with E-state index in [1.165, 1.54) is 5.56 Å². The van der Waals surface area contributed by atoms with Crippen LogP contribution in [0.2, 0.25) is 0 Å². The summed E-state index contributed by atoms with van der Waals surface area (Å²) in [6.45, 7) is 5.02. The Bertz CT molecular complexity index is 1180. The second-order valence-electron chi connectivity index (χ2n) is 10.7. The van der Waals surface area contributed by atoms with Crippen LogP contribution in [0.25, 0.3) is 0 Å². The minimum atomic E-state index is -4.61. The maximum atomic E-state index is 13.5. The van der Waals surface area contributed by atoms with E-state index in [-0.39, 0.29) is 29.1 Å². The number of piperidine rings is 2. The largest absolute Gasteiger partial charge is 0.416 e. The van der Waals surface area contributed by atoms with Crippen molar-refractivity contribution in [2.24, 2.45) is 11.3 Å². The predicted molar refractivity (Wildman–Crippen MR) is 135 cm³/mol. The Morgan fingerprint density at radius 3 is 2.37 bits per heavy atom. The third-order valence-corrected chi connectivity index (χ3v) is 7.94. The number of carbonyl (C=O) groups is 3. The molecule has 10 heteroatoms. The van der Waals surface area contributed by atoms with Gasteiger partial charge in [-0.05, 0) is 41.9 Å². The summed E-state index contributed by atoms with van der Waals surface area (Å²) in [5.41, 5.74) is -0.466. The Balaban J connectivity index is 1.48. The first-order chi connectivity index (χ1) is 17.9. The molecule has 2 aliphatic rings. The molecule has 1 aromatic carbocycles. The van der Waals surface area contributed by atoms with Crippen LogP contribution in [0.1, 0.15) is 60.6 Å². The van der Waals surface area contributed by atoms with Crippen molar-refractivity contribution in [1.82, 2.24) is 20.1 Å². The highest BCUT2D eigenvalue weighted by Crippen LogP contribution is 2.50. The van der Waals surface area contributed by atoms with Crippen molar-refractivity contribution in [2.45, 2.75) is 51.2 Å². The van der Waals surface area contributed by atoms with E-state index in [0.717, 1.165) is 12.3 Å². The van der Waals surface area contributed by atoms with Crippen molar-refractivity contribution < 1.29 is 27.6 Å². The quantitative estimate of drug-likeness (QED) is 0.631. The Morgan fingerprint density at radius 2 is 1.76 bits per heavy atom. The minimum Gasteiger partial charge on any atom is -0.345 e. The average molecular weight is 531 g/mol. The SMILES string of the molecule is CC(C)[C@@H](NC(=O)c1cc(C(F)(F)F)ccn1)C(=O)N1CCC2(CC1)CC(=O)N(C)CC2c1ccccc1. The monoisotopic (exact) mass is 530 g/mol. The average Bonchev–Trinajstić information content (AvgIpc) is 2.89. The molecule has 4 rings (SSSR count). The summed E-state index contributed by atoms with van der Waals surface area (Å²) in [6, 6.07) is 10.7. The molecule has 0 saturated carbocycles. The molecule has 2 aromatic rings. The van der Waals surface area contributed by atoms with Gasteiger partial charge in [0, 0.05) is 45.2 Å². The first kappa shape index (κ1) is 27.6. The summed E-state index contributed by atoms with van der Waals surface area (Å²) in [6.07, 6.45) is -1.98. The topological polar surface area (TPSA) is 82.6 Å². The van der Waals surface area contributed by atoms with Crippen LogP contribution in [0, 0.1) is 11.3 Å². The first-order valence-corrected chi connectivity index (χ1v) is 12.8. The molecule has 3 amide bonds. The Morgan fingerprint density at radius 1 is 1.11 bits per heavy atom. The molecule has 2 fully saturated rings. The van der Waals surface area contributed by atoms with Crippen molar-refractivity contribution in [3.63, 3.8) is 0 Å². The van der Waals surface area contributed by atoms with Gasteiger partial charge in [-0.1, -0.05) is 44.2 Å². The fourth-order valence-electron chi connectivity index (χ4n) is 5.63. The van der Waals surface area contributed by atoms with Gasteiger partial charge in [-0.2, -0.15) is 13.2 Å². The molecule has 1 spiro atoms. The van der Waals surface area contributed by atoms with Crippen LogP contribution in [0.4, 0.5) is 13.2 Å². The number of likely N-dealkylation sites (N-methyl/N-ethyl adjacent to an activating group) is 1. The zero-order chi connectivity index (χ0) is 27.7. The van der Waals surface area contributed by atoms with Crippen LogP contribution < -0.4 is 5.32 Å². The second-order valence-corrected chi connectivity index (χ2v) is 10.7. The number of benzene rings is 1. The number of halogens is 3. The van der Waals surface area contributed by atoms with Crippen molar-refractivity contribution >= 4 is 17.7 Å². The molecule has 204 valence electrons. The molecule has 7 nitrogen and oxygen atoms in total. The van der Waals surface area contributed by atoms with Gasteiger partial charge in [-0.25, -0.2) is 0 Å². The van der Waals surface area contributed by atoms with Crippen molar-refractivity contribution in [1.29, 1.82) is 0 Å². The third kappa shape index (κ3) is 5.68. The summed E-state index contributed by atoms with van der Waals surface area (Å²) >= 11 is 0. The van der Waals surface area contributed by atoms with Crippen LogP contribution >= 0.6 is 0 Å². The summed E-state index contributed by atoms with van der Waals surface area (Å²) in [5, 5.41) is 2.61. The standard InChI is InChI=1S/C28H33F3N4O3/c1-18(2)24(33-25(37)22-15-20(9-12-32-22)28(29,30)31)26(38)35-13-10-27(11-14-35)16-23(36)34(3)17-21(27)19-7-5-4-6-8-19/h4-9,12,15,18,21,24H,10-11,13-14,16-17H2,1-3H3,(H,33,37)/t21?,24-/m1/s1. The molecular weight excluding hydrogens is 497 g/mol. The molecule has 0 radical (unpaired) electrons. The molecule has 2 atom stereocenters. The molecule has 1 N–H and O–H groups in total. The number of nitrogens with zero attached hydrogens (tertiary/aromatic N) is 3. The third-order valence-electron chi connectivity index (χ3n) is 7.94. The molecule has 38 heavy (non-hydrogen) atoms. The molecule has 3 heterocycles.